The van der Waals surface area contributed by atoms with Crippen molar-refractivity contribution in [1.29, 1.82) is 0 Å². The standard InChI is InChI=1S/C12H14Cl2N2O3/c1-3-16-11(17)6(2)19-12(18)8-4-7(13)5-9(14)10(8)15/h4-6H,3,15H2,1-2H3,(H,16,17)/t6-/m0/s1. The van der Waals surface area contributed by atoms with Crippen LogP contribution >= 0.6 is 23.2 Å². The van der Waals surface area contributed by atoms with Crippen LogP contribution in [0.15, 0.2) is 12.1 Å². The van der Waals surface area contributed by atoms with Crippen molar-refractivity contribution in [3.8, 4) is 0 Å². The third-order valence-corrected chi connectivity index (χ3v) is 2.85. The van der Waals surface area contributed by atoms with Gasteiger partial charge in [0.1, 0.15) is 0 Å². The molecular weight excluding hydrogens is 291 g/mol. The SMILES string of the molecule is CCNC(=O)[C@H](C)OC(=O)c1cc(Cl)cc(Cl)c1N. The molecular formula is C12H14Cl2N2O3. The number of hydrogen-bond donors (Lipinski definition) is 2. The van der Waals surface area contributed by atoms with Crippen molar-refractivity contribution in [2.24, 2.45) is 0 Å². The molecule has 3 N–H and O–H groups in total. The third-order valence-electron chi connectivity index (χ3n) is 2.32. The monoisotopic (exact) mass is 304 g/mol. The number of amides is 1. The van der Waals surface area contributed by atoms with Gasteiger partial charge in [0.25, 0.3) is 5.91 Å². The number of nitrogens with one attached hydrogen (secondary N) is 1. The van der Waals surface area contributed by atoms with Gasteiger partial charge >= 0.3 is 5.97 Å². The minimum absolute atomic E-state index is 0.0358. The largest absolute Gasteiger partial charge is 0.449 e. The summed E-state index contributed by atoms with van der Waals surface area (Å²) in [6.45, 7) is 3.68. The lowest BCUT2D eigenvalue weighted by molar-refractivity contribution is -0.128. The summed E-state index contributed by atoms with van der Waals surface area (Å²) in [7, 11) is 0. The number of carbonyl (C=O) groups excluding carboxylic acids is 2. The van der Waals surface area contributed by atoms with Crippen LogP contribution in [-0.2, 0) is 9.53 Å². The highest BCUT2D eigenvalue weighted by atomic mass is 35.5. The van der Waals surface area contributed by atoms with Crippen molar-refractivity contribution >= 4 is 40.8 Å². The Balaban J connectivity index is 2.87. The molecule has 5 nitrogen and oxygen atoms in total. The normalized spacial score (nSPS) is 11.8. The van der Waals surface area contributed by atoms with Gasteiger partial charge in [-0.25, -0.2) is 4.79 Å². The molecule has 0 fully saturated rings. The van der Waals surface area contributed by atoms with E-state index in [1.165, 1.54) is 19.1 Å². The summed E-state index contributed by atoms with van der Waals surface area (Å²) in [4.78, 5) is 23.3. The average molecular weight is 305 g/mol. The highest BCUT2D eigenvalue weighted by Crippen LogP contribution is 2.28. The van der Waals surface area contributed by atoms with Gasteiger partial charge in [-0.1, -0.05) is 23.2 Å². The molecule has 1 rings (SSSR count). The molecule has 7 heteroatoms. The number of esters is 1. The molecule has 1 aromatic rings. The molecule has 0 aliphatic carbocycles. The van der Waals surface area contributed by atoms with Crippen molar-refractivity contribution < 1.29 is 14.3 Å². The average Bonchev–Trinajstić information content (AvgIpc) is 2.33. The van der Waals surface area contributed by atoms with Gasteiger partial charge in [-0.3, -0.25) is 4.79 Å². The Morgan fingerprint density at radius 3 is 2.63 bits per heavy atom. The summed E-state index contributed by atoms with van der Waals surface area (Å²) in [5.74, 6) is -1.14. The first-order chi connectivity index (χ1) is 8.86. The minimum Gasteiger partial charge on any atom is -0.449 e. The van der Waals surface area contributed by atoms with Gasteiger partial charge in [0.05, 0.1) is 16.3 Å². The van der Waals surface area contributed by atoms with Crippen LogP contribution in [0.25, 0.3) is 0 Å². The number of rotatable bonds is 4. The fraction of sp³-hybridized carbons (Fsp3) is 0.333. The second-order valence-electron chi connectivity index (χ2n) is 3.79. The van der Waals surface area contributed by atoms with Crippen molar-refractivity contribution in [2.45, 2.75) is 20.0 Å². The summed E-state index contributed by atoms with van der Waals surface area (Å²) in [6.07, 6.45) is -0.926. The smallest absolute Gasteiger partial charge is 0.341 e. The molecule has 0 unspecified atom stereocenters. The first-order valence-corrected chi connectivity index (χ1v) is 6.35. The molecule has 0 spiro atoms. The number of anilines is 1. The predicted molar refractivity (Wildman–Crippen MR) is 74.4 cm³/mol. The van der Waals surface area contributed by atoms with E-state index in [1.54, 1.807) is 6.92 Å². The van der Waals surface area contributed by atoms with E-state index in [2.05, 4.69) is 5.32 Å². The number of benzene rings is 1. The van der Waals surface area contributed by atoms with E-state index >= 15 is 0 Å². The number of ether oxygens (including phenoxy) is 1. The molecule has 0 aliphatic rings. The summed E-state index contributed by atoms with van der Waals surface area (Å²) in [6, 6.07) is 2.76. The van der Waals surface area contributed by atoms with Gasteiger partial charge < -0.3 is 15.8 Å². The van der Waals surface area contributed by atoms with Crippen LogP contribution in [0.4, 0.5) is 5.69 Å². The van der Waals surface area contributed by atoms with E-state index in [9.17, 15) is 9.59 Å². The predicted octanol–water partition coefficient (Wildman–Crippen LogP) is 2.26. The molecule has 0 aromatic heterocycles. The van der Waals surface area contributed by atoms with E-state index in [0.717, 1.165) is 0 Å². The van der Waals surface area contributed by atoms with Crippen LogP contribution in [0.5, 0.6) is 0 Å². The summed E-state index contributed by atoms with van der Waals surface area (Å²) >= 11 is 11.6. The summed E-state index contributed by atoms with van der Waals surface area (Å²) in [5, 5.41) is 2.96. The number of nitrogens with two attached hydrogens (primary N) is 1. The molecule has 0 radical (unpaired) electrons. The maximum Gasteiger partial charge on any atom is 0.341 e. The Morgan fingerprint density at radius 2 is 2.05 bits per heavy atom. The van der Waals surface area contributed by atoms with Gasteiger partial charge in [0.15, 0.2) is 6.10 Å². The van der Waals surface area contributed by atoms with E-state index in [1.807, 2.05) is 0 Å². The lowest BCUT2D eigenvalue weighted by Crippen LogP contribution is -2.35. The Kier molecular flexibility index (Phi) is 5.44. The Morgan fingerprint density at radius 1 is 1.42 bits per heavy atom. The van der Waals surface area contributed by atoms with Gasteiger partial charge in [-0.05, 0) is 26.0 Å². The summed E-state index contributed by atoms with van der Waals surface area (Å²) < 4.78 is 4.99. The summed E-state index contributed by atoms with van der Waals surface area (Å²) in [5.41, 5.74) is 5.78. The van der Waals surface area contributed by atoms with Crippen LogP contribution in [0.1, 0.15) is 24.2 Å². The van der Waals surface area contributed by atoms with Gasteiger partial charge in [0.2, 0.25) is 0 Å². The lowest BCUT2D eigenvalue weighted by atomic mass is 10.2. The molecule has 1 amide bonds. The molecule has 19 heavy (non-hydrogen) atoms. The highest BCUT2D eigenvalue weighted by Gasteiger charge is 2.21. The second-order valence-corrected chi connectivity index (χ2v) is 4.63. The van der Waals surface area contributed by atoms with E-state index in [4.69, 9.17) is 33.7 Å². The van der Waals surface area contributed by atoms with Crippen LogP contribution < -0.4 is 11.1 Å². The van der Waals surface area contributed by atoms with Gasteiger partial charge in [-0.15, -0.1) is 0 Å². The van der Waals surface area contributed by atoms with Crippen LogP contribution in [0.2, 0.25) is 10.0 Å². The zero-order chi connectivity index (χ0) is 14.6. The quantitative estimate of drug-likeness (QED) is 0.660. The molecule has 0 saturated heterocycles. The van der Waals surface area contributed by atoms with Gasteiger partial charge in [0, 0.05) is 11.6 Å². The molecule has 1 atom stereocenters. The fourth-order valence-electron chi connectivity index (χ4n) is 1.35. The van der Waals surface area contributed by atoms with Crippen LogP contribution in [0, 0.1) is 0 Å². The minimum atomic E-state index is -0.926. The maximum atomic E-state index is 11.9. The Bertz CT molecular complexity index is 506. The van der Waals surface area contributed by atoms with Crippen LogP contribution in [-0.4, -0.2) is 24.5 Å². The highest BCUT2D eigenvalue weighted by molar-refractivity contribution is 6.37. The maximum absolute atomic E-state index is 11.9. The number of halogens is 2. The van der Waals surface area contributed by atoms with Crippen molar-refractivity contribution in [3.63, 3.8) is 0 Å². The first kappa shape index (κ1) is 15.6. The molecule has 104 valence electrons. The van der Waals surface area contributed by atoms with Crippen molar-refractivity contribution in [2.75, 3.05) is 12.3 Å². The number of carbonyl (C=O) groups is 2. The van der Waals surface area contributed by atoms with E-state index in [-0.39, 0.29) is 27.2 Å². The second kappa shape index (κ2) is 6.63. The number of likely N-dealkylation sites (N-methyl/N-ethyl adjacent to an activating group) is 1. The van der Waals surface area contributed by atoms with Gasteiger partial charge in [-0.2, -0.15) is 0 Å². The molecule has 0 aliphatic heterocycles. The molecule has 0 bridgehead atoms. The fourth-order valence-corrected chi connectivity index (χ4v) is 1.84. The molecule has 0 heterocycles. The topological polar surface area (TPSA) is 81.4 Å². The van der Waals surface area contributed by atoms with E-state index in [0.29, 0.717) is 6.54 Å². The van der Waals surface area contributed by atoms with E-state index < -0.39 is 12.1 Å². The zero-order valence-electron chi connectivity index (χ0n) is 10.5. The van der Waals surface area contributed by atoms with Crippen molar-refractivity contribution in [1.82, 2.24) is 5.32 Å². The number of hydrogen-bond acceptors (Lipinski definition) is 4. The molecule has 1 aromatic carbocycles. The first-order valence-electron chi connectivity index (χ1n) is 5.60. The van der Waals surface area contributed by atoms with Crippen molar-refractivity contribution in [3.05, 3.63) is 27.7 Å². The Hall–Kier alpha value is -1.46. The zero-order valence-corrected chi connectivity index (χ0v) is 12.0. The Labute approximate surface area is 121 Å². The third kappa shape index (κ3) is 4.01. The lowest BCUT2D eigenvalue weighted by Gasteiger charge is -2.14. The molecule has 0 saturated carbocycles. The number of nitrogen functional groups attached to an aromatic ring is 1. The van der Waals surface area contributed by atoms with Crippen LogP contribution in [0.3, 0.4) is 0 Å².